The van der Waals surface area contributed by atoms with Gasteiger partial charge < -0.3 is 15.0 Å². The van der Waals surface area contributed by atoms with E-state index >= 15 is 0 Å². The molecule has 2 aromatic rings. The Hall–Kier alpha value is -2.02. The largest absolute Gasteiger partial charge is 0.480 e. The average Bonchev–Trinajstić information content (AvgIpc) is 2.78. The topological polar surface area (TPSA) is 100.0 Å². The lowest BCUT2D eigenvalue weighted by molar-refractivity contribution is 0.379. The zero-order valence-electron chi connectivity index (χ0n) is 8.75. The molecular weight excluding hydrogens is 210 g/mol. The quantitative estimate of drug-likeness (QED) is 0.777. The number of aromatic nitrogens is 4. The van der Waals surface area contributed by atoms with Crippen LogP contribution in [0, 0.1) is 0 Å². The van der Waals surface area contributed by atoms with Crippen LogP contribution in [0.3, 0.4) is 0 Å². The fourth-order valence-corrected chi connectivity index (χ4v) is 1.13. The molecule has 2 N–H and O–H groups in total. The van der Waals surface area contributed by atoms with Gasteiger partial charge in [-0.25, -0.2) is 0 Å². The van der Waals surface area contributed by atoms with Crippen molar-refractivity contribution in [1.29, 1.82) is 0 Å². The summed E-state index contributed by atoms with van der Waals surface area (Å²) in [7, 11) is 1.53. The maximum Gasteiger partial charge on any atom is 0.233 e. The Morgan fingerprint density at radius 1 is 1.38 bits per heavy atom. The number of hydrogen-bond donors (Lipinski definition) is 1. The van der Waals surface area contributed by atoms with E-state index in [4.69, 9.17) is 15.0 Å². The number of rotatable bonds is 4. The van der Waals surface area contributed by atoms with Crippen molar-refractivity contribution >= 4 is 0 Å². The molecule has 0 aliphatic heterocycles. The molecule has 0 radical (unpaired) electrons. The van der Waals surface area contributed by atoms with Gasteiger partial charge in [-0.05, 0) is 6.07 Å². The molecule has 7 heteroatoms. The van der Waals surface area contributed by atoms with E-state index in [0.29, 0.717) is 36.3 Å². The highest BCUT2D eigenvalue weighted by molar-refractivity contribution is 5.47. The van der Waals surface area contributed by atoms with Crippen molar-refractivity contribution in [3.63, 3.8) is 0 Å². The van der Waals surface area contributed by atoms with Crippen LogP contribution in [0.1, 0.15) is 5.89 Å². The van der Waals surface area contributed by atoms with Gasteiger partial charge in [0.2, 0.25) is 17.6 Å². The normalized spacial score (nSPS) is 10.4. The molecule has 0 amide bonds. The monoisotopic (exact) mass is 221 g/mol. The Labute approximate surface area is 91.6 Å². The summed E-state index contributed by atoms with van der Waals surface area (Å²) in [6.07, 6.45) is 0.552. The Kier molecular flexibility index (Phi) is 3.06. The first-order valence-corrected chi connectivity index (χ1v) is 4.74. The predicted octanol–water partition coefficient (Wildman–Crippen LogP) is 0.0364. The molecule has 84 valence electrons. The van der Waals surface area contributed by atoms with Crippen molar-refractivity contribution in [2.75, 3.05) is 13.7 Å². The molecule has 2 rings (SSSR count). The van der Waals surface area contributed by atoms with Crippen molar-refractivity contribution in [1.82, 2.24) is 20.3 Å². The first kappa shape index (κ1) is 10.5. The smallest absolute Gasteiger partial charge is 0.233 e. The Morgan fingerprint density at radius 2 is 2.25 bits per heavy atom. The third kappa shape index (κ3) is 2.14. The molecule has 0 unspecified atom stereocenters. The van der Waals surface area contributed by atoms with Gasteiger partial charge in [0.25, 0.3) is 0 Å². The van der Waals surface area contributed by atoms with Crippen molar-refractivity contribution in [2.45, 2.75) is 6.42 Å². The van der Waals surface area contributed by atoms with E-state index in [0.717, 1.165) is 0 Å². The van der Waals surface area contributed by atoms with Crippen LogP contribution in [-0.4, -0.2) is 34.0 Å². The van der Waals surface area contributed by atoms with Crippen LogP contribution >= 0.6 is 0 Å². The molecule has 2 aromatic heterocycles. The molecule has 0 aliphatic carbocycles. The summed E-state index contributed by atoms with van der Waals surface area (Å²) >= 11 is 0. The summed E-state index contributed by atoms with van der Waals surface area (Å²) in [6, 6.07) is 3.39. The van der Waals surface area contributed by atoms with Gasteiger partial charge in [0.1, 0.15) is 5.69 Å². The molecule has 16 heavy (non-hydrogen) atoms. The predicted molar refractivity (Wildman–Crippen MR) is 54.6 cm³/mol. The second-order valence-electron chi connectivity index (χ2n) is 3.01. The molecule has 0 fully saturated rings. The van der Waals surface area contributed by atoms with E-state index < -0.39 is 0 Å². The van der Waals surface area contributed by atoms with E-state index in [9.17, 15) is 0 Å². The van der Waals surface area contributed by atoms with Gasteiger partial charge in [-0.1, -0.05) is 5.16 Å². The van der Waals surface area contributed by atoms with Gasteiger partial charge in [0.05, 0.1) is 7.11 Å². The first-order chi connectivity index (χ1) is 7.83. The minimum Gasteiger partial charge on any atom is -0.480 e. The van der Waals surface area contributed by atoms with E-state index in [1.54, 1.807) is 12.1 Å². The van der Waals surface area contributed by atoms with Crippen molar-refractivity contribution in [2.24, 2.45) is 5.73 Å². The summed E-state index contributed by atoms with van der Waals surface area (Å²) in [5.41, 5.74) is 5.91. The molecular formula is C9H11N5O2. The molecule has 0 atom stereocenters. The van der Waals surface area contributed by atoms with Crippen molar-refractivity contribution < 1.29 is 9.26 Å². The van der Waals surface area contributed by atoms with Crippen LogP contribution in [0.2, 0.25) is 0 Å². The van der Waals surface area contributed by atoms with Gasteiger partial charge in [0, 0.05) is 19.0 Å². The van der Waals surface area contributed by atoms with Crippen LogP contribution in [0.4, 0.5) is 0 Å². The van der Waals surface area contributed by atoms with Gasteiger partial charge in [-0.3, -0.25) is 0 Å². The second-order valence-corrected chi connectivity index (χ2v) is 3.01. The summed E-state index contributed by atoms with van der Waals surface area (Å²) in [5, 5.41) is 11.5. The van der Waals surface area contributed by atoms with E-state index in [1.165, 1.54) is 7.11 Å². The van der Waals surface area contributed by atoms with Gasteiger partial charge in [0.15, 0.2) is 0 Å². The number of hydrogen-bond acceptors (Lipinski definition) is 7. The lowest BCUT2D eigenvalue weighted by Crippen LogP contribution is -2.02. The standard InChI is InChI=1S/C9H11N5O2/c1-15-8-3-2-6(12-13-8)9-11-7(4-5-10)16-14-9/h2-3H,4-5,10H2,1H3. The van der Waals surface area contributed by atoms with Crippen LogP contribution in [0.5, 0.6) is 5.88 Å². The lowest BCUT2D eigenvalue weighted by atomic mass is 10.3. The number of nitrogens with two attached hydrogens (primary N) is 1. The molecule has 0 spiro atoms. The molecule has 0 aromatic carbocycles. The fourth-order valence-electron chi connectivity index (χ4n) is 1.13. The highest BCUT2D eigenvalue weighted by Crippen LogP contribution is 2.14. The summed E-state index contributed by atoms with van der Waals surface area (Å²) in [4.78, 5) is 4.12. The Balaban J connectivity index is 2.21. The molecule has 2 heterocycles. The first-order valence-electron chi connectivity index (χ1n) is 4.74. The molecule has 7 nitrogen and oxygen atoms in total. The number of nitrogens with zero attached hydrogens (tertiary/aromatic N) is 4. The second kappa shape index (κ2) is 4.67. The lowest BCUT2D eigenvalue weighted by Gasteiger charge is -1.96. The van der Waals surface area contributed by atoms with Crippen LogP contribution in [0.15, 0.2) is 16.7 Å². The van der Waals surface area contributed by atoms with Gasteiger partial charge in [-0.15, -0.1) is 10.2 Å². The van der Waals surface area contributed by atoms with E-state index in [2.05, 4.69) is 20.3 Å². The zero-order valence-corrected chi connectivity index (χ0v) is 8.75. The minimum atomic E-state index is 0.401. The van der Waals surface area contributed by atoms with Gasteiger partial charge >= 0.3 is 0 Å². The fraction of sp³-hybridized carbons (Fsp3) is 0.333. The van der Waals surface area contributed by atoms with Crippen LogP contribution in [0.25, 0.3) is 11.5 Å². The molecule has 0 saturated carbocycles. The summed E-state index contributed by atoms with van der Waals surface area (Å²) in [6.45, 7) is 0.468. The SMILES string of the molecule is COc1ccc(-c2noc(CCN)n2)nn1. The molecule has 0 saturated heterocycles. The summed E-state index contributed by atoms with van der Waals surface area (Å²) in [5.74, 6) is 1.34. The maximum atomic E-state index is 5.37. The van der Waals surface area contributed by atoms with E-state index in [-0.39, 0.29) is 0 Å². The molecule has 0 aliphatic rings. The zero-order chi connectivity index (χ0) is 11.4. The molecule has 0 bridgehead atoms. The number of ether oxygens (including phenoxy) is 1. The third-order valence-corrected chi connectivity index (χ3v) is 1.90. The Morgan fingerprint density at radius 3 is 2.88 bits per heavy atom. The highest BCUT2D eigenvalue weighted by Gasteiger charge is 2.09. The number of methoxy groups -OCH3 is 1. The van der Waals surface area contributed by atoms with Crippen molar-refractivity contribution in [3.8, 4) is 17.4 Å². The van der Waals surface area contributed by atoms with E-state index in [1.807, 2.05) is 0 Å². The Bertz CT molecular complexity index is 453. The van der Waals surface area contributed by atoms with Crippen LogP contribution in [-0.2, 0) is 6.42 Å². The highest BCUT2D eigenvalue weighted by atomic mass is 16.5. The average molecular weight is 221 g/mol. The summed E-state index contributed by atoms with van der Waals surface area (Å²) < 4.78 is 9.87. The minimum absolute atomic E-state index is 0.401. The maximum absolute atomic E-state index is 5.37. The third-order valence-electron chi connectivity index (χ3n) is 1.90. The van der Waals surface area contributed by atoms with Gasteiger partial charge in [-0.2, -0.15) is 4.98 Å². The van der Waals surface area contributed by atoms with Crippen molar-refractivity contribution in [3.05, 3.63) is 18.0 Å². The van der Waals surface area contributed by atoms with Crippen LogP contribution < -0.4 is 10.5 Å².